The summed E-state index contributed by atoms with van der Waals surface area (Å²) in [6.45, 7) is 2.41. The lowest BCUT2D eigenvalue weighted by molar-refractivity contribution is 0.0767. The van der Waals surface area contributed by atoms with Crippen LogP contribution in [0.3, 0.4) is 0 Å². The van der Waals surface area contributed by atoms with Crippen molar-refractivity contribution in [1.82, 2.24) is 9.80 Å². The van der Waals surface area contributed by atoms with E-state index in [2.05, 4.69) is 43.3 Å². The van der Waals surface area contributed by atoms with Gasteiger partial charge < -0.3 is 15.5 Å². The lowest BCUT2D eigenvalue weighted by atomic mass is 9.91. The highest BCUT2D eigenvalue weighted by Gasteiger charge is 2.43. The second kappa shape index (κ2) is 6.44. The van der Waals surface area contributed by atoms with Gasteiger partial charge >= 0.3 is 0 Å². The van der Waals surface area contributed by atoms with Crippen LogP contribution in [0.5, 0.6) is 0 Å². The maximum Gasteiger partial charge on any atom is 0.256 e. The van der Waals surface area contributed by atoms with E-state index in [1.54, 1.807) is 6.07 Å². The maximum absolute atomic E-state index is 12.6. The summed E-state index contributed by atoms with van der Waals surface area (Å²) in [4.78, 5) is 16.8. The summed E-state index contributed by atoms with van der Waals surface area (Å²) in [6, 6.07) is 14.6. The Balaban J connectivity index is 1.44. The number of nitrogen functional groups attached to an aromatic ring is 1. The Hall–Kier alpha value is -2.33. The Morgan fingerprint density at radius 2 is 1.85 bits per heavy atom. The molecule has 0 spiro atoms. The van der Waals surface area contributed by atoms with Crippen LogP contribution < -0.4 is 5.73 Å². The molecule has 2 aromatic rings. The van der Waals surface area contributed by atoms with E-state index < -0.39 is 0 Å². The van der Waals surface area contributed by atoms with Gasteiger partial charge in [-0.25, -0.2) is 0 Å². The molecule has 26 heavy (non-hydrogen) atoms. The number of hydrogen-bond acceptors (Lipinski definition) is 3. The number of carbonyl (C=O) groups is 1. The molecule has 1 aliphatic heterocycles. The van der Waals surface area contributed by atoms with Crippen molar-refractivity contribution < 1.29 is 4.79 Å². The van der Waals surface area contributed by atoms with E-state index in [4.69, 9.17) is 5.73 Å². The predicted octanol–water partition coefficient (Wildman–Crippen LogP) is 3.41. The number of carbonyl (C=O) groups excluding carboxylic acids is 1. The average molecular weight is 349 g/mol. The van der Waals surface area contributed by atoms with Crippen molar-refractivity contribution in [2.24, 2.45) is 0 Å². The van der Waals surface area contributed by atoms with E-state index in [1.807, 2.05) is 17.0 Å². The Morgan fingerprint density at radius 1 is 1.12 bits per heavy atom. The van der Waals surface area contributed by atoms with Gasteiger partial charge in [-0.1, -0.05) is 36.4 Å². The normalized spacial score (nSPS) is 17.7. The van der Waals surface area contributed by atoms with Crippen LogP contribution in [0.2, 0.25) is 0 Å². The monoisotopic (exact) mass is 349 g/mol. The molecule has 1 fully saturated rings. The number of hydrogen-bond donors (Lipinski definition) is 1. The summed E-state index contributed by atoms with van der Waals surface area (Å²) in [5.74, 6) is 0.0480. The topological polar surface area (TPSA) is 49.6 Å². The van der Waals surface area contributed by atoms with Gasteiger partial charge in [0.15, 0.2) is 0 Å². The van der Waals surface area contributed by atoms with Crippen molar-refractivity contribution >= 4 is 11.6 Å². The second-order valence-electron chi connectivity index (χ2n) is 8.07. The molecule has 0 aromatic heterocycles. The molecule has 0 unspecified atom stereocenters. The Morgan fingerprint density at radius 3 is 2.46 bits per heavy atom. The molecule has 2 N–H and O–H groups in total. The summed E-state index contributed by atoms with van der Waals surface area (Å²) in [6.07, 6.45) is 3.80. The smallest absolute Gasteiger partial charge is 0.256 e. The fraction of sp³-hybridized carbons (Fsp3) is 0.409. The molecule has 0 atom stereocenters. The Kier molecular flexibility index (Phi) is 4.23. The number of nitrogens with zero attached hydrogens (tertiary/aromatic N) is 2. The molecule has 4 heteroatoms. The van der Waals surface area contributed by atoms with Gasteiger partial charge in [0.25, 0.3) is 5.91 Å². The quantitative estimate of drug-likeness (QED) is 0.813. The van der Waals surface area contributed by atoms with Crippen LogP contribution in [-0.2, 0) is 18.5 Å². The largest absolute Gasteiger partial charge is 0.398 e. The van der Waals surface area contributed by atoms with Crippen molar-refractivity contribution in [3.05, 3.63) is 64.7 Å². The first-order chi connectivity index (χ1) is 12.5. The van der Waals surface area contributed by atoms with Crippen LogP contribution in [0.15, 0.2) is 42.5 Å². The predicted molar refractivity (Wildman–Crippen MR) is 105 cm³/mol. The van der Waals surface area contributed by atoms with E-state index in [0.717, 1.165) is 12.1 Å². The summed E-state index contributed by atoms with van der Waals surface area (Å²) in [5, 5.41) is 0. The molecule has 1 amide bonds. The molecule has 1 saturated carbocycles. The van der Waals surface area contributed by atoms with E-state index in [1.165, 1.54) is 30.4 Å². The standard InChI is InChI=1S/C22H27N3O/c1-24(2)13-12-22(10-11-22)18-8-6-16(7-9-18)14-25-15-17-4-3-5-19(23)20(17)21(25)26/h3-9H,10-15,23H2,1-2H3. The molecule has 2 aromatic carbocycles. The molecule has 4 rings (SSSR count). The molecular formula is C22H27N3O. The Bertz CT molecular complexity index is 822. The van der Waals surface area contributed by atoms with Crippen molar-refractivity contribution in [1.29, 1.82) is 0 Å². The third kappa shape index (κ3) is 3.10. The lowest BCUT2D eigenvalue weighted by Gasteiger charge is -2.20. The zero-order valence-corrected chi connectivity index (χ0v) is 15.7. The van der Waals surface area contributed by atoms with Gasteiger partial charge in [0.05, 0.1) is 5.56 Å². The van der Waals surface area contributed by atoms with Crippen LogP contribution in [0.25, 0.3) is 0 Å². The molecular weight excluding hydrogens is 322 g/mol. The van der Waals surface area contributed by atoms with Crippen molar-refractivity contribution in [2.45, 2.75) is 37.8 Å². The summed E-state index contributed by atoms with van der Waals surface area (Å²) in [7, 11) is 4.27. The van der Waals surface area contributed by atoms with Crippen LogP contribution in [-0.4, -0.2) is 36.3 Å². The average Bonchev–Trinajstić information content (AvgIpc) is 3.34. The van der Waals surface area contributed by atoms with E-state index >= 15 is 0 Å². The highest BCUT2D eigenvalue weighted by molar-refractivity contribution is 6.02. The summed E-state index contributed by atoms with van der Waals surface area (Å²) >= 11 is 0. The first kappa shape index (κ1) is 17.1. The van der Waals surface area contributed by atoms with Crippen molar-refractivity contribution in [2.75, 3.05) is 26.4 Å². The zero-order valence-electron chi connectivity index (χ0n) is 15.7. The zero-order chi connectivity index (χ0) is 18.3. The SMILES string of the molecule is CN(C)CCC1(c2ccc(CN3Cc4cccc(N)c4C3=O)cc2)CC1. The molecule has 2 aliphatic rings. The van der Waals surface area contributed by atoms with Gasteiger partial charge in [-0.3, -0.25) is 4.79 Å². The third-order valence-electron chi connectivity index (χ3n) is 5.88. The van der Waals surface area contributed by atoms with Gasteiger partial charge in [-0.05, 0) is 68.1 Å². The van der Waals surface area contributed by atoms with Crippen LogP contribution in [0.1, 0.15) is 46.3 Å². The minimum Gasteiger partial charge on any atom is -0.398 e. The van der Waals surface area contributed by atoms with Crippen LogP contribution >= 0.6 is 0 Å². The molecule has 4 nitrogen and oxygen atoms in total. The van der Waals surface area contributed by atoms with Crippen molar-refractivity contribution in [3.63, 3.8) is 0 Å². The first-order valence-electron chi connectivity index (χ1n) is 9.39. The molecule has 0 saturated heterocycles. The fourth-order valence-electron chi connectivity index (χ4n) is 4.03. The summed E-state index contributed by atoms with van der Waals surface area (Å²) in [5.41, 5.74) is 11.3. The first-order valence-corrected chi connectivity index (χ1v) is 9.39. The maximum atomic E-state index is 12.6. The van der Waals surface area contributed by atoms with Gasteiger partial charge in [-0.15, -0.1) is 0 Å². The number of rotatable bonds is 6. The van der Waals surface area contributed by atoms with Gasteiger partial charge in [0, 0.05) is 18.8 Å². The minimum atomic E-state index is 0.0480. The number of benzene rings is 2. The van der Waals surface area contributed by atoms with Crippen LogP contribution in [0.4, 0.5) is 5.69 Å². The molecule has 1 heterocycles. The Labute approximate surface area is 155 Å². The van der Waals surface area contributed by atoms with E-state index in [-0.39, 0.29) is 5.91 Å². The number of amides is 1. The fourth-order valence-corrected chi connectivity index (χ4v) is 4.03. The van der Waals surface area contributed by atoms with Crippen molar-refractivity contribution in [3.8, 4) is 0 Å². The molecule has 1 aliphatic carbocycles. The number of nitrogens with two attached hydrogens (primary N) is 1. The molecule has 0 bridgehead atoms. The number of anilines is 1. The van der Waals surface area contributed by atoms with Gasteiger partial charge in [0.1, 0.15) is 0 Å². The van der Waals surface area contributed by atoms with Gasteiger partial charge in [0.2, 0.25) is 0 Å². The molecule has 0 radical (unpaired) electrons. The third-order valence-corrected chi connectivity index (χ3v) is 5.88. The second-order valence-corrected chi connectivity index (χ2v) is 8.07. The number of fused-ring (bicyclic) bond motifs is 1. The van der Waals surface area contributed by atoms with Gasteiger partial charge in [-0.2, -0.15) is 0 Å². The van der Waals surface area contributed by atoms with E-state index in [9.17, 15) is 4.79 Å². The highest BCUT2D eigenvalue weighted by atomic mass is 16.2. The van der Waals surface area contributed by atoms with Crippen LogP contribution in [0, 0.1) is 0 Å². The van der Waals surface area contributed by atoms with E-state index in [0.29, 0.717) is 29.8 Å². The lowest BCUT2D eigenvalue weighted by Crippen LogP contribution is -2.23. The molecule has 136 valence electrons. The summed E-state index contributed by atoms with van der Waals surface area (Å²) < 4.78 is 0. The highest BCUT2D eigenvalue weighted by Crippen LogP contribution is 2.51. The minimum absolute atomic E-state index is 0.0480.